The van der Waals surface area contributed by atoms with Gasteiger partial charge in [-0.25, -0.2) is 9.80 Å². The highest BCUT2D eigenvalue weighted by Gasteiger charge is 2.43. The largest absolute Gasteiger partial charge is 0.375 e. The molecule has 2 heterocycles. The molecule has 1 aliphatic rings. The summed E-state index contributed by atoms with van der Waals surface area (Å²) >= 11 is 17.7. The van der Waals surface area contributed by atoms with Gasteiger partial charge in [0.2, 0.25) is 0 Å². The van der Waals surface area contributed by atoms with Crippen molar-refractivity contribution < 1.29 is 13.9 Å². The van der Waals surface area contributed by atoms with Crippen LogP contribution in [0.25, 0.3) is 0 Å². The lowest BCUT2D eigenvalue weighted by atomic mass is 10.2. The van der Waals surface area contributed by atoms with Crippen LogP contribution in [0.1, 0.15) is 36.5 Å². The number of amides is 1. The van der Waals surface area contributed by atoms with Crippen LogP contribution in [0, 0.1) is 0 Å². The number of hydrogen-bond donors (Lipinski definition) is 0. The number of aryl methyl sites for hydroxylation is 2. The first-order valence-electron chi connectivity index (χ1n) is 7.31. The van der Waals surface area contributed by atoms with Crippen LogP contribution in [0.5, 0.6) is 0 Å². The number of likely N-dealkylation sites (N-methyl/N-ethyl adjacent to an activating group) is 1. The molecule has 0 spiro atoms. The maximum absolute atomic E-state index is 13.1. The van der Waals surface area contributed by atoms with Crippen molar-refractivity contribution in [1.29, 1.82) is 0 Å². The summed E-state index contributed by atoms with van der Waals surface area (Å²) in [4.78, 5) is 24.9. The molecule has 132 valence electrons. The Morgan fingerprint density at radius 2 is 1.88 bits per heavy atom. The van der Waals surface area contributed by atoms with E-state index in [0.717, 1.165) is 0 Å². The summed E-state index contributed by atoms with van der Waals surface area (Å²) in [6.07, 6.45) is 1.08. The van der Waals surface area contributed by atoms with Gasteiger partial charge in [-0.05, 0) is 12.8 Å². The highest BCUT2D eigenvalue weighted by Crippen LogP contribution is 2.36. The number of nitrogens with zero attached hydrogens (tertiary/aromatic N) is 4. The first-order valence-corrected chi connectivity index (χ1v) is 8.37. The Kier molecular flexibility index (Phi) is 5.67. The van der Waals surface area contributed by atoms with Crippen molar-refractivity contribution in [3.63, 3.8) is 0 Å². The molecule has 0 bridgehead atoms. The van der Waals surface area contributed by atoms with Gasteiger partial charge in [-0.2, -0.15) is 5.10 Å². The Morgan fingerprint density at radius 3 is 2.33 bits per heavy atom. The molecule has 0 saturated carbocycles. The van der Waals surface area contributed by atoms with Gasteiger partial charge in [0.05, 0.1) is 21.8 Å². The maximum atomic E-state index is 13.1. The first kappa shape index (κ1) is 18.9. The molecule has 1 amide bonds. The zero-order chi connectivity index (χ0) is 18.2. The van der Waals surface area contributed by atoms with Gasteiger partial charge < -0.3 is 4.29 Å². The molecule has 10 heteroatoms. The van der Waals surface area contributed by atoms with Crippen LogP contribution in [0.15, 0.2) is 10.7 Å². The summed E-state index contributed by atoms with van der Waals surface area (Å²) in [5.74, 6) is -1.25. The number of hydrogen-bond acceptors (Lipinski definition) is 5. The van der Waals surface area contributed by atoms with Crippen LogP contribution in [0.2, 0.25) is 5.02 Å². The van der Waals surface area contributed by atoms with Gasteiger partial charge in [0.25, 0.3) is 5.91 Å². The van der Waals surface area contributed by atoms with Gasteiger partial charge in [-0.3, -0.25) is 14.5 Å². The molecule has 1 aromatic rings. The van der Waals surface area contributed by atoms with E-state index in [1.54, 1.807) is 7.05 Å². The van der Waals surface area contributed by atoms with Crippen molar-refractivity contribution in [2.24, 2.45) is 7.05 Å². The van der Waals surface area contributed by atoms with Crippen LogP contribution in [-0.4, -0.2) is 44.8 Å². The molecular formula is C14H17Cl3N4O3. The summed E-state index contributed by atoms with van der Waals surface area (Å²) in [6.45, 7) is 3.74. The highest BCUT2D eigenvalue weighted by molar-refractivity contribution is 6.35. The Bertz CT molecular complexity index is 716. The monoisotopic (exact) mass is 394 g/mol. The summed E-state index contributed by atoms with van der Waals surface area (Å²) in [6, 6.07) is -0.522. The fourth-order valence-corrected chi connectivity index (χ4v) is 3.65. The number of hydrazine groups is 1. The minimum absolute atomic E-state index is 0.0147. The molecule has 0 saturated heterocycles. The molecule has 1 aliphatic heterocycles. The van der Waals surface area contributed by atoms with Crippen molar-refractivity contribution in [2.75, 3.05) is 7.05 Å². The summed E-state index contributed by atoms with van der Waals surface area (Å²) in [7, 11) is 3.17. The SMILES string of the molecule is CCc1nn(C)c(C(=O)N2C(CC)C(Cl)=C(C(=O)OCl)N2C)c1Cl. The quantitative estimate of drug-likeness (QED) is 0.784. The van der Waals surface area contributed by atoms with Crippen LogP contribution < -0.4 is 0 Å². The van der Waals surface area contributed by atoms with Gasteiger partial charge in [-0.15, -0.1) is 0 Å². The second kappa shape index (κ2) is 7.21. The number of halogens is 3. The van der Waals surface area contributed by atoms with Crippen LogP contribution in [-0.2, 0) is 22.6 Å². The Labute approximate surface area is 154 Å². The molecule has 0 N–H and O–H groups in total. The van der Waals surface area contributed by atoms with Crippen molar-refractivity contribution in [1.82, 2.24) is 19.8 Å². The molecule has 1 unspecified atom stereocenters. The van der Waals surface area contributed by atoms with Crippen LogP contribution >= 0.6 is 35.1 Å². The lowest BCUT2D eigenvalue weighted by Gasteiger charge is -2.31. The van der Waals surface area contributed by atoms with Crippen LogP contribution in [0.3, 0.4) is 0 Å². The predicted octanol–water partition coefficient (Wildman–Crippen LogP) is 2.86. The number of rotatable bonds is 4. The third kappa shape index (κ3) is 2.85. The highest BCUT2D eigenvalue weighted by atomic mass is 35.5. The van der Waals surface area contributed by atoms with Crippen molar-refractivity contribution >= 4 is 46.9 Å². The first-order chi connectivity index (χ1) is 11.3. The zero-order valence-electron chi connectivity index (χ0n) is 13.6. The van der Waals surface area contributed by atoms with E-state index in [0.29, 0.717) is 18.5 Å². The van der Waals surface area contributed by atoms with Gasteiger partial charge in [0, 0.05) is 14.1 Å². The molecule has 0 aliphatic carbocycles. The molecule has 0 aromatic carbocycles. The van der Waals surface area contributed by atoms with Gasteiger partial charge in [0.15, 0.2) is 5.70 Å². The van der Waals surface area contributed by atoms with Crippen molar-refractivity contribution in [3.05, 3.63) is 27.1 Å². The fourth-order valence-electron chi connectivity index (χ4n) is 2.75. The Hall–Kier alpha value is -1.44. The third-order valence-electron chi connectivity index (χ3n) is 3.91. The Balaban J connectivity index is 2.47. The van der Waals surface area contributed by atoms with E-state index in [1.807, 2.05) is 13.8 Å². The Morgan fingerprint density at radius 1 is 1.25 bits per heavy atom. The normalized spacial score (nSPS) is 17.7. The van der Waals surface area contributed by atoms with Gasteiger partial charge in [-0.1, -0.05) is 37.0 Å². The average Bonchev–Trinajstić information content (AvgIpc) is 2.98. The molecule has 2 rings (SSSR count). The summed E-state index contributed by atoms with van der Waals surface area (Å²) < 4.78 is 5.66. The lowest BCUT2D eigenvalue weighted by Crippen LogP contribution is -2.46. The standard InChI is InChI=1S/C14H17Cl3N4O3/c1-5-7-9(15)11(19(3)18-7)13(22)21-8(6-2)10(16)12(20(21)4)14(23)24-17/h8H,5-6H2,1-4H3. The lowest BCUT2D eigenvalue weighted by molar-refractivity contribution is -0.132. The molecule has 7 nitrogen and oxygen atoms in total. The van der Waals surface area contributed by atoms with E-state index in [9.17, 15) is 9.59 Å². The average molecular weight is 396 g/mol. The number of carbonyl (C=O) groups is 2. The zero-order valence-corrected chi connectivity index (χ0v) is 15.9. The second-order valence-corrected chi connectivity index (χ2v) is 6.18. The molecule has 1 atom stereocenters. The smallest absolute Gasteiger partial charge is 0.342 e. The topological polar surface area (TPSA) is 67.7 Å². The second-order valence-electron chi connectivity index (χ2n) is 5.24. The van der Waals surface area contributed by atoms with Crippen molar-refractivity contribution in [3.8, 4) is 0 Å². The van der Waals surface area contributed by atoms with Crippen molar-refractivity contribution in [2.45, 2.75) is 32.7 Å². The third-order valence-corrected chi connectivity index (χ3v) is 4.88. The van der Waals surface area contributed by atoms with E-state index >= 15 is 0 Å². The molecule has 1 aromatic heterocycles. The predicted molar refractivity (Wildman–Crippen MR) is 90.4 cm³/mol. The van der Waals surface area contributed by atoms with E-state index in [-0.39, 0.29) is 21.4 Å². The van der Waals surface area contributed by atoms with E-state index in [4.69, 9.17) is 35.1 Å². The van der Waals surface area contributed by atoms with E-state index in [2.05, 4.69) is 9.39 Å². The summed E-state index contributed by atoms with van der Waals surface area (Å²) in [5.41, 5.74) is 0.863. The van der Waals surface area contributed by atoms with E-state index < -0.39 is 17.9 Å². The molecule has 0 radical (unpaired) electrons. The van der Waals surface area contributed by atoms with E-state index in [1.165, 1.54) is 21.7 Å². The number of aromatic nitrogens is 2. The fraction of sp³-hybridized carbons (Fsp3) is 0.500. The molecular weight excluding hydrogens is 379 g/mol. The minimum Gasteiger partial charge on any atom is -0.342 e. The molecule has 0 fully saturated rings. The van der Waals surface area contributed by atoms with Gasteiger partial charge in [0.1, 0.15) is 17.6 Å². The molecule has 24 heavy (non-hydrogen) atoms. The van der Waals surface area contributed by atoms with Gasteiger partial charge >= 0.3 is 5.97 Å². The number of carbonyl (C=O) groups excluding carboxylic acids is 2. The summed E-state index contributed by atoms with van der Waals surface area (Å²) in [5, 5.41) is 7.41. The van der Waals surface area contributed by atoms with Crippen LogP contribution in [0.4, 0.5) is 0 Å². The maximum Gasteiger partial charge on any atom is 0.375 e. The minimum atomic E-state index is -0.830.